The van der Waals surface area contributed by atoms with Crippen LogP contribution in [0.1, 0.15) is 18.7 Å². The highest BCUT2D eigenvalue weighted by molar-refractivity contribution is 7.90. The molecule has 1 N–H and O–H groups in total. The van der Waals surface area contributed by atoms with Crippen LogP contribution >= 0.6 is 12.2 Å². The van der Waals surface area contributed by atoms with Crippen molar-refractivity contribution in [3.05, 3.63) is 22.6 Å². The van der Waals surface area contributed by atoms with E-state index in [4.69, 9.17) is 12.2 Å². The highest BCUT2D eigenvalue weighted by Crippen LogP contribution is 2.18. The van der Waals surface area contributed by atoms with E-state index >= 15 is 0 Å². The minimum absolute atomic E-state index is 0.0455. The second-order valence-corrected chi connectivity index (χ2v) is 7.14. The number of H-pyrrole nitrogens is 1. The Morgan fingerprint density at radius 1 is 1.50 bits per heavy atom. The molecule has 18 heavy (non-hydrogen) atoms. The highest BCUT2D eigenvalue weighted by atomic mass is 32.2. The molecule has 0 aromatic carbocycles. The number of aromatic nitrogens is 3. The summed E-state index contributed by atoms with van der Waals surface area (Å²) in [5, 5.41) is 0. The van der Waals surface area contributed by atoms with Gasteiger partial charge in [-0.25, -0.2) is 13.4 Å². The molecule has 0 bridgehead atoms. The Morgan fingerprint density at radius 2 is 2.17 bits per heavy atom. The van der Waals surface area contributed by atoms with Crippen LogP contribution in [0.3, 0.4) is 0 Å². The van der Waals surface area contributed by atoms with Gasteiger partial charge in [-0.1, -0.05) is 0 Å². The largest absolute Gasteiger partial charge is 0.329 e. The first-order chi connectivity index (χ1) is 8.28. The minimum atomic E-state index is -3.05. The number of hydrogen-bond acceptors (Lipinski definition) is 4. The summed E-state index contributed by atoms with van der Waals surface area (Å²) in [6, 6.07) is 3.55. The van der Waals surface area contributed by atoms with E-state index in [0.29, 0.717) is 10.4 Å². The zero-order valence-corrected chi connectivity index (χ0v) is 12.1. The van der Waals surface area contributed by atoms with E-state index in [2.05, 4.69) is 9.97 Å². The Kier molecular flexibility index (Phi) is 3.29. The molecule has 2 aromatic rings. The van der Waals surface area contributed by atoms with Crippen LogP contribution in [-0.4, -0.2) is 35.0 Å². The van der Waals surface area contributed by atoms with Crippen LogP contribution < -0.4 is 0 Å². The van der Waals surface area contributed by atoms with Gasteiger partial charge in [-0.05, 0) is 38.2 Å². The zero-order chi connectivity index (χ0) is 13.5. The summed E-state index contributed by atoms with van der Waals surface area (Å²) in [7, 11) is -3.05. The molecular formula is C11H15N3O2S2. The second-order valence-electron chi connectivity index (χ2n) is 4.57. The summed E-state index contributed by atoms with van der Waals surface area (Å²) >= 11 is 5.23. The van der Waals surface area contributed by atoms with E-state index in [1.165, 1.54) is 6.26 Å². The van der Waals surface area contributed by atoms with Crippen molar-refractivity contribution in [1.82, 2.24) is 14.5 Å². The smallest absolute Gasteiger partial charge is 0.179 e. The minimum Gasteiger partial charge on any atom is -0.329 e. The van der Waals surface area contributed by atoms with Crippen molar-refractivity contribution in [2.45, 2.75) is 19.9 Å². The Morgan fingerprint density at radius 3 is 2.78 bits per heavy atom. The molecule has 0 spiro atoms. The monoisotopic (exact) mass is 285 g/mol. The van der Waals surface area contributed by atoms with Gasteiger partial charge in [-0.2, -0.15) is 0 Å². The predicted octanol–water partition coefficient (Wildman–Crippen LogP) is 2.01. The second kappa shape index (κ2) is 4.47. The number of aryl methyl sites for hydroxylation is 1. The van der Waals surface area contributed by atoms with Gasteiger partial charge in [0, 0.05) is 18.0 Å². The molecule has 5 nitrogen and oxygen atoms in total. The summed E-state index contributed by atoms with van der Waals surface area (Å²) in [5.41, 5.74) is 2.40. The van der Waals surface area contributed by atoms with E-state index in [9.17, 15) is 8.42 Å². The van der Waals surface area contributed by atoms with Crippen molar-refractivity contribution in [1.29, 1.82) is 0 Å². The number of imidazole rings is 1. The topological polar surface area (TPSA) is 67.8 Å². The van der Waals surface area contributed by atoms with E-state index in [-0.39, 0.29) is 11.8 Å². The fraction of sp³-hybridized carbons (Fsp3) is 0.455. The summed E-state index contributed by atoms with van der Waals surface area (Å²) < 4.78 is 25.0. The van der Waals surface area contributed by atoms with Crippen LogP contribution in [0.2, 0.25) is 0 Å². The SMILES string of the molecule is Cc1ccc2[nH]c(=S)n(C(C)CS(C)(=O)=O)c2n1. The fourth-order valence-corrected chi connectivity index (χ4v) is 3.42. The first-order valence-electron chi connectivity index (χ1n) is 5.53. The lowest BCUT2D eigenvalue weighted by molar-refractivity contribution is 0.564. The summed E-state index contributed by atoms with van der Waals surface area (Å²) in [4.78, 5) is 7.46. The summed E-state index contributed by atoms with van der Waals surface area (Å²) in [5.74, 6) is 0.0455. The first-order valence-corrected chi connectivity index (χ1v) is 8.00. The predicted molar refractivity (Wildman–Crippen MR) is 74.1 cm³/mol. The standard InChI is InChI=1S/C11H15N3O2S2/c1-7-4-5-9-10(12-7)14(11(17)13-9)8(2)6-18(3,15)16/h4-5,8H,6H2,1-3H3,(H,13,17). The molecule has 1 atom stereocenters. The van der Waals surface area contributed by atoms with Gasteiger partial charge >= 0.3 is 0 Å². The maximum absolute atomic E-state index is 11.4. The maximum Gasteiger partial charge on any atom is 0.179 e. The number of sulfone groups is 1. The third-order valence-corrected chi connectivity index (χ3v) is 4.07. The van der Waals surface area contributed by atoms with Crippen molar-refractivity contribution < 1.29 is 8.42 Å². The van der Waals surface area contributed by atoms with Crippen LogP contribution in [0.5, 0.6) is 0 Å². The summed E-state index contributed by atoms with van der Waals surface area (Å²) in [6.07, 6.45) is 1.22. The third kappa shape index (κ3) is 2.62. The van der Waals surface area contributed by atoms with Gasteiger partial charge in [0.15, 0.2) is 10.4 Å². The van der Waals surface area contributed by atoms with Crippen molar-refractivity contribution in [3.63, 3.8) is 0 Å². The van der Waals surface area contributed by atoms with Crippen molar-refractivity contribution in [3.8, 4) is 0 Å². The lowest BCUT2D eigenvalue weighted by Gasteiger charge is -2.12. The molecule has 0 saturated carbocycles. The summed E-state index contributed by atoms with van der Waals surface area (Å²) in [6.45, 7) is 3.72. The number of hydrogen-bond donors (Lipinski definition) is 1. The molecule has 2 aromatic heterocycles. The highest BCUT2D eigenvalue weighted by Gasteiger charge is 2.16. The molecule has 2 rings (SSSR count). The molecule has 0 aliphatic carbocycles. The van der Waals surface area contributed by atoms with E-state index < -0.39 is 9.84 Å². The van der Waals surface area contributed by atoms with Crippen molar-refractivity contribution in [2.75, 3.05) is 12.0 Å². The van der Waals surface area contributed by atoms with Crippen LogP contribution in [0, 0.1) is 11.7 Å². The van der Waals surface area contributed by atoms with Gasteiger partial charge in [0.05, 0.1) is 11.3 Å². The number of nitrogens with one attached hydrogen (secondary N) is 1. The van der Waals surface area contributed by atoms with Gasteiger partial charge in [-0.3, -0.25) is 4.57 Å². The molecule has 0 aliphatic heterocycles. The quantitative estimate of drug-likeness (QED) is 0.876. The van der Waals surface area contributed by atoms with Crippen LogP contribution in [-0.2, 0) is 9.84 Å². The van der Waals surface area contributed by atoms with E-state index in [0.717, 1.165) is 11.2 Å². The van der Waals surface area contributed by atoms with Crippen LogP contribution in [0.25, 0.3) is 11.2 Å². The van der Waals surface area contributed by atoms with Gasteiger partial charge in [-0.15, -0.1) is 0 Å². The molecule has 2 heterocycles. The van der Waals surface area contributed by atoms with Gasteiger partial charge < -0.3 is 4.98 Å². The van der Waals surface area contributed by atoms with Gasteiger partial charge in [0.25, 0.3) is 0 Å². The fourth-order valence-electron chi connectivity index (χ4n) is 2.02. The van der Waals surface area contributed by atoms with Gasteiger partial charge in [0.2, 0.25) is 0 Å². The molecule has 0 fully saturated rings. The zero-order valence-electron chi connectivity index (χ0n) is 10.5. The maximum atomic E-state index is 11.4. The Bertz CT molecular complexity index is 743. The van der Waals surface area contributed by atoms with Crippen LogP contribution in [0.4, 0.5) is 0 Å². The number of rotatable bonds is 3. The molecule has 0 amide bonds. The number of nitrogens with zero attached hydrogens (tertiary/aromatic N) is 2. The Balaban J connectivity index is 2.59. The lowest BCUT2D eigenvalue weighted by atomic mass is 10.3. The normalized spacial score (nSPS) is 13.9. The molecule has 0 aliphatic rings. The molecule has 7 heteroatoms. The van der Waals surface area contributed by atoms with Crippen molar-refractivity contribution in [2.24, 2.45) is 0 Å². The molecule has 1 unspecified atom stereocenters. The Labute approximate surface area is 111 Å². The number of aromatic amines is 1. The molecular weight excluding hydrogens is 270 g/mol. The molecule has 0 radical (unpaired) electrons. The van der Waals surface area contributed by atoms with E-state index in [1.54, 1.807) is 4.57 Å². The average Bonchev–Trinajstić information content (AvgIpc) is 2.50. The number of fused-ring (bicyclic) bond motifs is 1. The first kappa shape index (κ1) is 13.2. The van der Waals surface area contributed by atoms with Crippen molar-refractivity contribution >= 4 is 33.2 Å². The number of pyridine rings is 1. The third-order valence-electron chi connectivity index (χ3n) is 2.69. The molecule has 0 saturated heterocycles. The van der Waals surface area contributed by atoms with Crippen LogP contribution in [0.15, 0.2) is 12.1 Å². The van der Waals surface area contributed by atoms with E-state index in [1.807, 2.05) is 26.0 Å². The average molecular weight is 285 g/mol. The molecule has 98 valence electrons. The Hall–Kier alpha value is -1.21. The van der Waals surface area contributed by atoms with Gasteiger partial charge in [0.1, 0.15) is 9.84 Å². The lowest BCUT2D eigenvalue weighted by Crippen LogP contribution is -2.17.